The number of hydrogen-bond donors (Lipinski definition) is 2. The highest BCUT2D eigenvalue weighted by Crippen LogP contribution is 2.26. The van der Waals surface area contributed by atoms with Gasteiger partial charge >= 0.3 is 5.97 Å². The number of carboxylic acid groups (broad SMARTS) is 1. The van der Waals surface area contributed by atoms with Gasteiger partial charge in [-0.2, -0.15) is 0 Å². The van der Waals surface area contributed by atoms with Crippen molar-refractivity contribution in [2.24, 2.45) is 0 Å². The van der Waals surface area contributed by atoms with Gasteiger partial charge in [0.2, 0.25) is 0 Å². The molecule has 7 heteroatoms. The van der Waals surface area contributed by atoms with Crippen LogP contribution in [0.5, 0.6) is 0 Å². The van der Waals surface area contributed by atoms with Crippen LogP contribution in [0, 0.1) is 15.9 Å². The number of aliphatic carboxylic acids is 1. The van der Waals surface area contributed by atoms with Gasteiger partial charge in [0.15, 0.2) is 0 Å². The normalized spacial score (nSPS) is 11.9. The Balaban J connectivity index is 3.03. The third-order valence-electron chi connectivity index (χ3n) is 2.36. The molecule has 0 radical (unpaired) electrons. The van der Waals surface area contributed by atoms with Gasteiger partial charge in [0.25, 0.3) is 5.69 Å². The molecule has 1 atom stereocenters. The Morgan fingerprint density at radius 1 is 1.61 bits per heavy atom. The summed E-state index contributed by atoms with van der Waals surface area (Å²) < 4.78 is 13.0. The molecular weight excluding hydrogens is 243 g/mol. The van der Waals surface area contributed by atoms with E-state index in [1.165, 1.54) is 0 Å². The van der Waals surface area contributed by atoms with E-state index in [-0.39, 0.29) is 11.4 Å². The minimum atomic E-state index is -1.13. The number of nitro benzene ring substituents is 1. The van der Waals surface area contributed by atoms with Gasteiger partial charge in [-0.05, 0) is 12.5 Å². The zero-order chi connectivity index (χ0) is 13.7. The largest absolute Gasteiger partial charge is 0.480 e. The van der Waals surface area contributed by atoms with Gasteiger partial charge in [-0.3, -0.25) is 10.1 Å². The lowest BCUT2D eigenvalue weighted by Crippen LogP contribution is -2.29. The highest BCUT2D eigenvalue weighted by Gasteiger charge is 2.21. The van der Waals surface area contributed by atoms with Crippen molar-refractivity contribution >= 4 is 17.3 Å². The van der Waals surface area contributed by atoms with Crippen molar-refractivity contribution in [1.82, 2.24) is 0 Å². The zero-order valence-corrected chi connectivity index (χ0v) is 9.72. The number of hydrogen-bond acceptors (Lipinski definition) is 4. The lowest BCUT2D eigenvalue weighted by Gasteiger charge is -2.14. The zero-order valence-electron chi connectivity index (χ0n) is 9.72. The Kier molecular flexibility index (Phi) is 4.59. The Bertz CT molecular complexity index is 464. The second-order valence-corrected chi connectivity index (χ2v) is 3.74. The maximum Gasteiger partial charge on any atom is 0.326 e. The number of nitro groups is 1. The highest BCUT2D eigenvalue weighted by molar-refractivity contribution is 5.78. The third-order valence-corrected chi connectivity index (χ3v) is 2.36. The van der Waals surface area contributed by atoms with Crippen molar-refractivity contribution in [3.63, 3.8) is 0 Å². The minimum absolute atomic E-state index is 0.124. The van der Waals surface area contributed by atoms with E-state index < -0.39 is 22.8 Å². The SMILES string of the molecule is CCCC(Nc1cc(F)ccc1[N+](=O)[O-])C(=O)O. The van der Waals surface area contributed by atoms with Crippen LogP contribution in [0.25, 0.3) is 0 Å². The third kappa shape index (κ3) is 3.41. The molecule has 0 spiro atoms. The summed E-state index contributed by atoms with van der Waals surface area (Å²) in [5.41, 5.74) is -0.473. The quantitative estimate of drug-likeness (QED) is 0.602. The number of carbonyl (C=O) groups is 1. The second kappa shape index (κ2) is 5.95. The van der Waals surface area contributed by atoms with Crippen LogP contribution >= 0.6 is 0 Å². The van der Waals surface area contributed by atoms with Crippen LogP contribution in [-0.2, 0) is 4.79 Å². The molecule has 1 aromatic rings. The van der Waals surface area contributed by atoms with Crippen molar-refractivity contribution in [3.05, 3.63) is 34.1 Å². The van der Waals surface area contributed by atoms with Crippen LogP contribution in [0.15, 0.2) is 18.2 Å². The van der Waals surface area contributed by atoms with E-state index in [2.05, 4.69) is 5.32 Å². The van der Waals surface area contributed by atoms with E-state index in [1.807, 2.05) is 0 Å². The van der Waals surface area contributed by atoms with Crippen LogP contribution < -0.4 is 5.32 Å². The van der Waals surface area contributed by atoms with Crippen LogP contribution in [0.1, 0.15) is 19.8 Å². The van der Waals surface area contributed by atoms with Gasteiger partial charge < -0.3 is 10.4 Å². The Hall–Kier alpha value is -2.18. The van der Waals surface area contributed by atoms with Crippen LogP contribution in [-0.4, -0.2) is 22.0 Å². The topological polar surface area (TPSA) is 92.5 Å². The minimum Gasteiger partial charge on any atom is -0.480 e. The highest BCUT2D eigenvalue weighted by atomic mass is 19.1. The maximum atomic E-state index is 13.0. The molecule has 2 N–H and O–H groups in total. The van der Waals surface area contributed by atoms with Crippen LogP contribution in [0.3, 0.4) is 0 Å². The average Bonchev–Trinajstić information content (AvgIpc) is 2.28. The molecule has 0 amide bonds. The molecule has 0 aliphatic heterocycles. The molecule has 0 heterocycles. The Labute approximate surface area is 103 Å². The van der Waals surface area contributed by atoms with E-state index >= 15 is 0 Å². The van der Waals surface area contributed by atoms with E-state index in [0.717, 1.165) is 18.2 Å². The fourth-order valence-corrected chi connectivity index (χ4v) is 1.52. The summed E-state index contributed by atoms with van der Waals surface area (Å²) in [5.74, 6) is -1.79. The van der Waals surface area contributed by atoms with Crippen LogP contribution in [0.2, 0.25) is 0 Å². The average molecular weight is 256 g/mol. The van der Waals surface area contributed by atoms with Crippen molar-refractivity contribution in [2.75, 3.05) is 5.32 Å². The first-order chi connectivity index (χ1) is 8.45. The number of nitrogens with one attached hydrogen (secondary N) is 1. The molecule has 1 aromatic carbocycles. The summed E-state index contributed by atoms with van der Waals surface area (Å²) in [4.78, 5) is 21.0. The number of benzene rings is 1. The smallest absolute Gasteiger partial charge is 0.326 e. The standard InChI is InChI=1S/C11H13FN2O4/c1-2-3-8(11(15)16)13-9-6-7(12)4-5-10(9)14(17)18/h4-6,8,13H,2-3H2,1H3,(H,15,16). The van der Waals surface area contributed by atoms with Gasteiger partial charge in [-0.25, -0.2) is 9.18 Å². The fourth-order valence-electron chi connectivity index (χ4n) is 1.52. The molecule has 98 valence electrons. The summed E-state index contributed by atoms with van der Waals surface area (Å²) in [7, 11) is 0. The number of rotatable bonds is 6. The summed E-state index contributed by atoms with van der Waals surface area (Å²) in [5, 5.41) is 22.2. The Morgan fingerprint density at radius 3 is 2.78 bits per heavy atom. The maximum absolute atomic E-state index is 13.0. The van der Waals surface area contributed by atoms with Gasteiger partial charge in [0.05, 0.1) is 4.92 Å². The van der Waals surface area contributed by atoms with Crippen molar-refractivity contribution in [2.45, 2.75) is 25.8 Å². The molecule has 0 bridgehead atoms. The molecule has 0 saturated heterocycles. The number of carboxylic acids is 1. The fraction of sp³-hybridized carbons (Fsp3) is 0.364. The molecule has 1 rings (SSSR count). The predicted molar refractivity (Wildman–Crippen MR) is 63.0 cm³/mol. The number of anilines is 1. The lowest BCUT2D eigenvalue weighted by molar-refractivity contribution is -0.384. The lowest BCUT2D eigenvalue weighted by atomic mass is 10.1. The summed E-state index contributed by atoms with van der Waals surface area (Å²) in [6, 6.07) is 1.90. The molecular formula is C11H13FN2O4. The molecule has 0 aliphatic rings. The van der Waals surface area contributed by atoms with Crippen molar-refractivity contribution in [3.8, 4) is 0 Å². The molecule has 18 heavy (non-hydrogen) atoms. The number of nitrogens with zero attached hydrogens (tertiary/aromatic N) is 1. The molecule has 6 nitrogen and oxygen atoms in total. The van der Waals surface area contributed by atoms with E-state index in [0.29, 0.717) is 12.8 Å². The van der Waals surface area contributed by atoms with E-state index in [4.69, 9.17) is 5.11 Å². The monoisotopic (exact) mass is 256 g/mol. The molecule has 0 aliphatic carbocycles. The summed E-state index contributed by atoms with van der Waals surface area (Å²) in [6.07, 6.45) is 0.885. The first kappa shape index (κ1) is 13.9. The molecule has 0 aromatic heterocycles. The second-order valence-electron chi connectivity index (χ2n) is 3.74. The van der Waals surface area contributed by atoms with Gasteiger partial charge in [0, 0.05) is 12.1 Å². The van der Waals surface area contributed by atoms with Crippen molar-refractivity contribution < 1.29 is 19.2 Å². The van der Waals surface area contributed by atoms with E-state index in [1.54, 1.807) is 6.92 Å². The van der Waals surface area contributed by atoms with Gasteiger partial charge in [-0.1, -0.05) is 13.3 Å². The predicted octanol–water partition coefficient (Wildman–Crippen LogP) is 2.40. The summed E-state index contributed by atoms with van der Waals surface area (Å²) >= 11 is 0. The van der Waals surface area contributed by atoms with E-state index in [9.17, 15) is 19.3 Å². The van der Waals surface area contributed by atoms with Gasteiger partial charge in [0.1, 0.15) is 17.5 Å². The molecule has 0 fully saturated rings. The first-order valence-electron chi connectivity index (χ1n) is 5.39. The molecule has 1 unspecified atom stereocenters. The number of halogens is 1. The Morgan fingerprint density at radius 2 is 2.28 bits per heavy atom. The van der Waals surface area contributed by atoms with Crippen LogP contribution in [0.4, 0.5) is 15.8 Å². The van der Waals surface area contributed by atoms with Gasteiger partial charge in [-0.15, -0.1) is 0 Å². The first-order valence-corrected chi connectivity index (χ1v) is 5.39. The summed E-state index contributed by atoms with van der Waals surface area (Å²) in [6.45, 7) is 1.79. The molecule has 0 saturated carbocycles. The van der Waals surface area contributed by atoms with Crippen molar-refractivity contribution in [1.29, 1.82) is 0 Å².